The van der Waals surface area contributed by atoms with Crippen molar-refractivity contribution in [3.05, 3.63) is 33.2 Å². The lowest BCUT2D eigenvalue weighted by Crippen LogP contribution is -2.47. The van der Waals surface area contributed by atoms with E-state index in [1.165, 1.54) is 17.6 Å². The lowest BCUT2D eigenvalue weighted by Gasteiger charge is -2.35. The number of rotatable bonds is 2. The Kier molecular flexibility index (Phi) is 3.16. The fraction of sp³-hybridized carbons (Fsp3) is 0.467. The molecule has 0 aromatic carbocycles. The van der Waals surface area contributed by atoms with Crippen molar-refractivity contribution < 1.29 is 23.9 Å². The third-order valence-corrected chi connectivity index (χ3v) is 4.18. The van der Waals surface area contributed by atoms with E-state index in [4.69, 9.17) is 9.47 Å². The molecule has 2 aliphatic heterocycles. The first kappa shape index (κ1) is 14.5. The second-order valence-electron chi connectivity index (χ2n) is 5.40. The zero-order valence-electron chi connectivity index (χ0n) is 12.3. The van der Waals surface area contributed by atoms with Gasteiger partial charge in [0.25, 0.3) is 5.56 Å². The molecule has 1 atom stereocenters. The minimum Gasteiger partial charge on any atom is -0.457 e. The molecule has 7 nitrogen and oxygen atoms in total. The highest BCUT2D eigenvalue weighted by Gasteiger charge is 2.50. The van der Waals surface area contributed by atoms with E-state index in [1.807, 2.05) is 0 Å². The Hall–Kier alpha value is -2.44. The Labute approximate surface area is 125 Å². The van der Waals surface area contributed by atoms with Crippen LogP contribution in [0.3, 0.4) is 0 Å². The molecule has 3 heterocycles. The number of cyclic esters (lactones) is 1. The van der Waals surface area contributed by atoms with Crippen LogP contribution in [-0.2, 0) is 37.8 Å². The zero-order chi connectivity index (χ0) is 16.1. The molecule has 7 heteroatoms. The van der Waals surface area contributed by atoms with Gasteiger partial charge in [-0.1, -0.05) is 6.92 Å². The van der Waals surface area contributed by atoms with E-state index in [-0.39, 0.29) is 47.6 Å². The van der Waals surface area contributed by atoms with E-state index in [9.17, 15) is 19.2 Å². The quantitative estimate of drug-likeness (QED) is 0.745. The molecule has 0 saturated heterocycles. The van der Waals surface area contributed by atoms with Gasteiger partial charge in [-0.3, -0.25) is 14.4 Å². The molecule has 1 aromatic rings. The van der Waals surface area contributed by atoms with Gasteiger partial charge in [-0.2, -0.15) is 0 Å². The van der Waals surface area contributed by atoms with Crippen molar-refractivity contribution in [1.82, 2.24) is 4.57 Å². The minimum atomic E-state index is -1.66. The Balaban J connectivity index is 2.30. The molecule has 0 unspecified atom stereocenters. The molecule has 0 spiro atoms. The molecular formula is C15H15NO6. The van der Waals surface area contributed by atoms with Crippen molar-refractivity contribution >= 4 is 17.7 Å². The van der Waals surface area contributed by atoms with Crippen molar-refractivity contribution in [2.45, 2.75) is 45.4 Å². The Morgan fingerprint density at radius 1 is 1.41 bits per heavy atom. The summed E-state index contributed by atoms with van der Waals surface area (Å²) >= 11 is 0. The maximum absolute atomic E-state index is 12.5. The topological polar surface area (TPSA) is 91.7 Å². The summed E-state index contributed by atoms with van der Waals surface area (Å²) < 4.78 is 11.7. The number of Topliss-reactive ketones (excluding diaryl/α,β-unsaturated/α-hetero) is 1. The minimum absolute atomic E-state index is 0.121. The van der Waals surface area contributed by atoms with Crippen molar-refractivity contribution in [2.24, 2.45) is 0 Å². The predicted molar refractivity (Wildman–Crippen MR) is 73.2 cm³/mol. The number of hydrogen-bond acceptors (Lipinski definition) is 6. The zero-order valence-corrected chi connectivity index (χ0v) is 12.3. The molecule has 0 bridgehead atoms. The fourth-order valence-corrected chi connectivity index (χ4v) is 3.10. The molecule has 2 aliphatic rings. The highest BCUT2D eigenvalue weighted by Crippen LogP contribution is 2.37. The van der Waals surface area contributed by atoms with Crippen molar-refractivity contribution in [2.75, 3.05) is 0 Å². The van der Waals surface area contributed by atoms with Gasteiger partial charge in [0.05, 0.1) is 11.3 Å². The molecule has 0 amide bonds. The Morgan fingerprint density at radius 2 is 2.14 bits per heavy atom. The molecule has 1 aromatic heterocycles. The van der Waals surface area contributed by atoms with Crippen LogP contribution in [0.5, 0.6) is 0 Å². The monoisotopic (exact) mass is 305 g/mol. The van der Waals surface area contributed by atoms with Gasteiger partial charge < -0.3 is 14.0 Å². The molecular weight excluding hydrogens is 290 g/mol. The van der Waals surface area contributed by atoms with Gasteiger partial charge in [-0.25, -0.2) is 4.79 Å². The summed E-state index contributed by atoms with van der Waals surface area (Å²) in [5.41, 5.74) is -1.23. The first-order valence-corrected chi connectivity index (χ1v) is 7.08. The molecule has 0 radical (unpaired) electrons. The van der Waals surface area contributed by atoms with E-state index >= 15 is 0 Å². The van der Waals surface area contributed by atoms with Crippen LogP contribution in [0.25, 0.3) is 0 Å². The molecule has 0 N–H and O–H groups in total. The van der Waals surface area contributed by atoms with Crippen LogP contribution in [-0.4, -0.2) is 22.3 Å². The fourth-order valence-electron chi connectivity index (χ4n) is 3.10. The van der Waals surface area contributed by atoms with Gasteiger partial charge in [0.2, 0.25) is 5.60 Å². The van der Waals surface area contributed by atoms with Gasteiger partial charge in [-0.05, 0) is 12.5 Å². The number of aromatic nitrogens is 1. The van der Waals surface area contributed by atoms with Crippen molar-refractivity contribution in [3.8, 4) is 0 Å². The summed E-state index contributed by atoms with van der Waals surface area (Å²) in [4.78, 5) is 48.1. The largest absolute Gasteiger partial charge is 0.457 e. The highest BCUT2D eigenvalue weighted by atomic mass is 16.6. The van der Waals surface area contributed by atoms with Crippen LogP contribution in [0.2, 0.25) is 0 Å². The predicted octanol–water partition coefficient (Wildman–Crippen LogP) is 0.660. The average Bonchev–Trinajstić information content (AvgIpc) is 2.84. The smallest absolute Gasteiger partial charge is 0.355 e. The van der Waals surface area contributed by atoms with Crippen LogP contribution in [0.1, 0.15) is 48.3 Å². The van der Waals surface area contributed by atoms with E-state index in [2.05, 4.69) is 0 Å². The molecule has 22 heavy (non-hydrogen) atoms. The third-order valence-electron chi connectivity index (χ3n) is 4.18. The summed E-state index contributed by atoms with van der Waals surface area (Å²) in [5, 5.41) is 0. The van der Waals surface area contributed by atoms with Gasteiger partial charge in [-0.15, -0.1) is 0 Å². The molecule has 0 aliphatic carbocycles. The Morgan fingerprint density at radius 3 is 2.77 bits per heavy atom. The highest BCUT2D eigenvalue weighted by molar-refractivity contribution is 5.97. The summed E-state index contributed by atoms with van der Waals surface area (Å²) in [5.74, 6) is -1.53. The maximum atomic E-state index is 12.5. The molecule has 116 valence electrons. The summed E-state index contributed by atoms with van der Waals surface area (Å²) in [6.07, 6.45) is 0.370. The number of carbonyl (C=O) groups excluding carboxylic acids is 3. The average molecular weight is 305 g/mol. The lowest BCUT2D eigenvalue weighted by atomic mass is 9.85. The second kappa shape index (κ2) is 4.79. The summed E-state index contributed by atoms with van der Waals surface area (Å²) in [6, 6.07) is 1.50. The van der Waals surface area contributed by atoms with Crippen molar-refractivity contribution in [3.63, 3.8) is 0 Å². The van der Waals surface area contributed by atoms with Crippen molar-refractivity contribution in [1.29, 1.82) is 0 Å². The molecule has 3 rings (SSSR count). The number of hydrogen-bond donors (Lipinski definition) is 0. The number of nitrogens with zero attached hydrogens (tertiary/aromatic N) is 1. The number of fused-ring (bicyclic) bond motifs is 2. The van der Waals surface area contributed by atoms with Gasteiger partial charge in [0.1, 0.15) is 6.61 Å². The number of pyridine rings is 1. The van der Waals surface area contributed by atoms with E-state index in [0.29, 0.717) is 6.54 Å². The van der Waals surface area contributed by atoms with Crippen LogP contribution in [0.4, 0.5) is 0 Å². The number of carbonyl (C=O) groups is 3. The van der Waals surface area contributed by atoms with Crippen LogP contribution < -0.4 is 5.56 Å². The van der Waals surface area contributed by atoms with E-state index in [0.717, 1.165) is 0 Å². The molecule has 0 saturated carbocycles. The van der Waals surface area contributed by atoms with Crippen LogP contribution in [0, 0.1) is 0 Å². The first-order chi connectivity index (χ1) is 10.4. The third kappa shape index (κ3) is 1.81. The molecule has 0 fully saturated rings. The van der Waals surface area contributed by atoms with Gasteiger partial charge in [0, 0.05) is 25.5 Å². The van der Waals surface area contributed by atoms with Gasteiger partial charge in [0.15, 0.2) is 5.78 Å². The maximum Gasteiger partial charge on any atom is 0.355 e. The normalized spacial score (nSPS) is 22.8. The van der Waals surface area contributed by atoms with Crippen LogP contribution in [0.15, 0.2) is 10.9 Å². The Bertz CT molecular complexity index is 762. The number of ketones is 1. The van der Waals surface area contributed by atoms with E-state index in [1.54, 1.807) is 6.92 Å². The number of ether oxygens (including phenoxy) is 2. The first-order valence-electron chi connectivity index (χ1n) is 7.08. The summed E-state index contributed by atoms with van der Waals surface area (Å²) in [6.45, 7) is 2.99. The number of esters is 2. The SMILES string of the molecule is CC[C@@]1(OC(C)=O)C(=O)OCc2c1cc1n(c2=O)CCC1=O. The van der Waals surface area contributed by atoms with Gasteiger partial charge >= 0.3 is 11.9 Å². The lowest BCUT2D eigenvalue weighted by molar-refractivity contribution is -0.188. The summed E-state index contributed by atoms with van der Waals surface area (Å²) in [7, 11) is 0. The van der Waals surface area contributed by atoms with E-state index < -0.39 is 17.5 Å². The second-order valence-corrected chi connectivity index (χ2v) is 5.40. The van der Waals surface area contributed by atoms with Crippen LogP contribution >= 0.6 is 0 Å². The standard InChI is InChI=1S/C15H15NO6/c1-3-15(22-8(2)17)10-6-11-12(18)4-5-16(11)13(19)9(10)7-21-14(15)20/h6H,3-5,7H2,1-2H3/t15-/m0/s1.